The van der Waals surface area contributed by atoms with Crippen LogP contribution >= 0.6 is 0 Å². The molecule has 2 saturated heterocycles. The number of phenolic OH excluding ortho intramolecular Hbond substituents is 1. The smallest absolute Gasteiger partial charge is 0.423 e. The number of ether oxygens (including phenoxy) is 2. The number of likely N-dealkylation sites (tertiary alicyclic amines) is 1. The van der Waals surface area contributed by atoms with E-state index in [9.17, 15) is 29.0 Å². The van der Waals surface area contributed by atoms with Gasteiger partial charge in [0.25, 0.3) is 0 Å². The number of hydrogen-bond donors (Lipinski definition) is 2. The van der Waals surface area contributed by atoms with Gasteiger partial charge in [-0.15, -0.1) is 0 Å². The zero-order valence-corrected chi connectivity index (χ0v) is 16.7. The van der Waals surface area contributed by atoms with Crippen LogP contribution < -0.4 is 0 Å². The minimum atomic E-state index is -1.68. The number of aliphatic hydroxyl groups is 1. The quantitative estimate of drug-likeness (QED) is 0.721. The molecule has 2 N–H and O–H groups in total. The van der Waals surface area contributed by atoms with Crippen molar-refractivity contribution in [2.45, 2.75) is 44.5 Å². The molecule has 162 valence electrons. The van der Waals surface area contributed by atoms with Crippen LogP contribution in [0.2, 0.25) is 0 Å². The van der Waals surface area contributed by atoms with Crippen molar-refractivity contribution in [2.24, 2.45) is 23.7 Å². The van der Waals surface area contributed by atoms with E-state index in [-0.39, 0.29) is 12.8 Å². The summed E-state index contributed by atoms with van der Waals surface area (Å²) in [6.07, 6.45) is -0.0839. The highest BCUT2D eigenvalue weighted by Crippen LogP contribution is 2.59. The van der Waals surface area contributed by atoms with Gasteiger partial charge >= 0.3 is 6.09 Å². The first-order valence-electron chi connectivity index (χ1n) is 10.1. The van der Waals surface area contributed by atoms with Crippen molar-refractivity contribution >= 4 is 17.9 Å². The van der Waals surface area contributed by atoms with E-state index in [0.717, 1.165) is 19.6 Å². The molecule has 6 atom stereocenters. The standard InChI is InChI=1S/C21H24FNO7/c1-3-4-11-8-12-17(19(26)23(18(12)25)20(27)29-2)13-9-16(30-21(11,13)28)10-5-6-15(24)14(22)7-10/h5-7,11-13,16-17,24,28H,3-4,8-9H2,1-2H3/t11-,12-,13-,16-,17-,21+/m0/s1. The summed E-state index contributed by atoms with van der Waals surface area (Å²) in [5.41, 5.74) is 0.418. The maximum atomic E-state index is 13.9. The molecule has 2 aliphatic heterocycles. The van der Waals surface area contributed by atoms with Crippen LogP contribution in [0.5, 0.6) is 5.75 Å². The Morgan fingerprint density at radius 3 is 2.70 bits per heavy atom. The number of methoxy groups -OCH3 is 1. The lowest BCUT2D eigenvalue weighted by Crippen LogP contribution is -2.53. The third kappa shape index (κ3) is 2.91. The van der Waals surface area contributed by atoms with Gasteiger partial charge in [-0.3, -0.25) is 9.59 Å². The predicted molar refractivity (Wildman–Crippen MR) is 99.2 cm³/mol. The summed E-state index contributed by atoms with van der Waals surface area (Å²) in [4.78, 5) is 38.4. The number of fused-ring (bicyclic) bond motifs is 3. The van der Waals surface area contributed by atoms with Gasteiger partial charge in [0.1, 0.15) is 0 Å². The minimum Gasteiger partial charge on any atom is -0.505 e. The van der Waals surface area contributed by atoms with Crippen molar-refractivity contribution in [3.8, 4) is 5.75 Å². The van der Waals surface area contributed by atoms with Crippen LogP contribution in [0.3, 0.4) is 0 Å². The topological polar surface area (TPSA) is 113 Å². The summed E-state index contributed by atoms with van der Waals surface area (Å²) >= 11 is 0. The van der Waals surface area contributed by atoms with Gasteiger partial charge in [-0.1, -0.05) is 19.4 Å². The molecule has 3 amide bonds. The van der Waals surface area contributed by atoms with E-state index >= 15 is 0 Å². The van der Waals surface area contributed by atoms with Gasteiger partial charge < -0.3 is 19.7 Å². The maximum absolute atomic E-state index is 13.9. The van der Waals surface area contributed by atoms with E-state index in [4.69, 9.17) is 4.74 Å². The first kappa shape index (κ1) is 20.7. The monoisotopic (exact) mass is 421 g/mol. The van der Waals surface area contributed by atoms with Crippen molar-refractivity contribution in [1.29, 1.82) is 0 Å². The summed E-state index contributed by atoms with van der Waals surface area (Å²) in [6, 6.07) is 3.84. The SMILES string of the molecule is CCC[C@H]1C[C@@H]2C(=O)N(C(=O)OC)C(=O)[C@@H]2[C@@H]2C[C@@H](c3ccc(O)c(F)c3)O[C@]12O. The molecule has 0 aromatic heterocycles. The van der Waals surface area contributed by atoms with Crippen LogP contribution in [0, 0.1) is 29.5 Å². The number of hydrogen-bond acceptors (Lipinski definition) is 7. The molecule has 0 spiro atoms. The number of carbonyl (C=O) groups excluding carboxylic acids is 3. The molecule has 3 aliphatic rings. The highest BCUT2D eigenvalue weighted by molar-refractivity contribution is 6.15. The molecule has 4 rings (SSSR count). The summed E-state index contributed by atoms with van der Waals surface area (Å²) in [5.74, 6) is -7.12. The molecule has 3 fully saturated rings. The zero-order valence-electron chi connectivity index (χ0n) is 16.7. The highest BCUT2D eigenvalue weighted by atomic mass is 19.1. The molecule has 9 heteroatoms. The third-order valence-corrected chi connectivity index (χ3v) is 6.70. The normalized spacial score (nSPS) is 35.3. The number of rotatable bonds is 3. The summed E-state index contributed by atoms with van der Waals surface area (Å²) in [7, 11) is 1.09. The molecule has 30 heavy (non-hydrogen) atoms. The van der Waals surface area contributed by atoms with Crippen LogP contribution in [-0.4, -0.2) is 45.9 Å². The van der Waals surface area contributed by atoms with E-state index in [1.54, 1.807) is 0 Å². The Bertz CT molecular complexity index is 905. The molecule has 1 aromatic carbocycles. The molecule has 1 aromatic rings. The van der Waals surface area contributed by atoms with Gasteiger partial charge in [0.2, 0.25) is 11.8 Å². The number of nitrogens with zero attached hydrogens (tertiary/aromatic N) is 1. The van der Waals surface area contributed by atoms with Crippen molar-refractivity contribution in [3.63, 3.8) is 0 Å². The largest absolute Gasteiger partial charge is 0.505 e. The fourth-order valence-corrected chi connectivity index (χ4v) is 5.36. The third-order valence-electron chi connectivity index (χ3n) is 6.70. The maximum Gasteiger partial charge on any atom is 0.423 e. The molecular formula is C21H24FNO7. The van der Waals surface area contributed by atoms with E-state index < -0.39 is 65.0 Å². The zero-order chi connectivity index (χ0) is 21.8. The second-order valence-electron chi connectivity index (χ2n) is 8.25. The second kappa shape index (κ2) is 7.31. The van der Waals surface area contributed by atoms with Crippen molar-refractivity contribution in [2.75, 3.05) is 7.11 Å². The lowest BCUT2D eigenvalue weighted by Gasteiger charge is -2.44. The fraction of sp³-hybridized carbons (Fsp3) is 0.571. The molecular weight excluding hydrogens is 397 g/mol. The Morgan fingerprint density at radius 2 is 2.07 bits per heavy atom. The van der Waals surface area contributed by atoms with Crippen molar-refractivity contribution < 1.29 is 38.5 Å². The van der Waals surface area contributed by atoms with Gasteiger partial charge in [-0.2, -0.15) is 4.90 Å². The number of carbonyl (C=O) groups is 3. The number of aromatic hydroxyl groups is 1. The van der Waals surface area contributed by atoms with Gasteiger partial charge in [0.15, 0.2) is 17.4 Å². The van der Waals surface area contributed by atoms with E-state index in [0.29, 0.717) is 16.9 Å². The molecule has 0 radical (unpaired) electrons. The fourth-order valence-electron chi connectivity index (χ4n) is 5.36. The Morgan fingerprint density at radius 1 is 1.33 bits per heavy atom. The van der Waals surface area contributed by atoms with Gasteiger partial charge in [0, 0.05) is 11.8 Å². The van der Waals surface area contributed by atoms with E-state index in [2.05, 4.69) is 4.74 Å². The molecule has 0 bridgehead atoms. The number of halogens is 1. The molecule has 8 nitrogen and oxygen atoms in total. The Labute approximate surface area is 172 Å². The van der Waals surface area contributed by atoms with Gasteiger partial charge in [-0.25, -0.2) is 9.18 Å². The second-order valence-corrected chi connectivity index (χ2v) is 8.25. The van der Waals surface area contributed by atoms with Crippen LogP contribution in [0.4, 0.5) is 9.18 Å². The average Bonchev–Trinajstić information content (AvgIpc) is 3.19. The first-order valence-corrected chi connectivity index (χ1v) is 10.1. The Balaban J connectivity index is 1.72. The van der Waals surface area contributed by atoms with Crippen LogP contribution in [0.25, 0.3) is 0 Å². The molecule has 0 unspecified atom stereocenters. The number of benzene rings is 1. The van der Waals surface area contributed by atoms with Crippen molar-refractivity contribution in [1.82, 2.24) is 4.90 Å². The van der Waals surface area contributed by atoms with Crippen LogP contribution in [-0.2, 0) is 19.1 Å². The number of phenols is 1. The van der Waals surface area contributed by atoms with E-state index in [1.165, 1.54) is 12.1 Å². The summed E-state index contributed by atoms with van der Waals surface area (Å²) < 4.78 is 24.5. The van der Waals surface area contributed by atoms with Crippen molar-refractivity contribution in [3.05, 3.63) is 29.6 Å². The molecule has 2 heterocycles. The Kier molecular flexibility index (Phi) is 5.06. The summed E-state index contributed by atoms with van der Waals surface area (Å²) in [5, 5.41) is 21.0. The predicted octanol–water partition coefficient (Wildman–Crippen LogP) is 2.49. The lowest BCUT2D eigenvalue weighted by molar-refractivity contribution is -0.270. The lowest BCUT2D eigenvalue weighted by atomic mass is 9.63. The minimum absolute atomic E-state index is 0.177. The Hall–Kier alpha value is -2.52. The number of amides is 3. The first-order chi connectivity index (χ1) is 14.2. The van der Waals surface area contributed by atoms with E-state index in [1.807, 2.05) is 6.92 Å². The molecule has 1 aliphatic carbocycles. The van der Waals surface area contributed by atoms with Crippen LogP contribution in [0.15, 0.2) is 18.2 Å². The van der Waals surface area contributed by atoms with Gasteiger partial charge in [-0.05, 0) is 37.0 Å². The molecule has 1 saturated carbocycles. The summed E-state index contributed by atoms with van der Waals surface area (Å²) in [6.45, 7) is 1.94. The highest BCUT2D eigenvalue weighted by Gasteiger charge is 2.67. The van der Waals surface area contributed by atoms with Gasteiger partial charge in [0.05, 0.1) is 25.0 Å². The van der Waals surface area contributed by atoms with Crippen LogP contribution in [0.1, 0.15) is 44.3 Å². The average molecular weight is 421 g/mol. The number of imide groups is 3.